The lowest BCUT2D eigenvalue weighted by Crippen LogP contribution is -2.05. The Hall–Kier alpha value is -2.56. The minimum absolute atomic E-state index is 0.547. The summed E-state index contributed by atoms with van der Waals surface area (Å²) in [6.45, 7) is 0.547. The summed E-state index contributed by atoms with van der Waals surface area (Å²) in [5.41, 5.74) is 1.90. The third-order valence-corrected chi connectivity index (χ3v) is 2.83. The number of benzene rings is 1. The van der Waals surface area contributed by atoms with Crippen molar-refractivity contribution < 1.29 is 14.6 Å². The molecule has 0 amide bonds. The number of nitrogens with zero attached hydrogens (tertiary/aromatic N) is 2. The van der Waals surface area contributed by atoms with Gasteiger partial charge in [-0.1, -0.05) is 12.1 Å². The monoisotopic (exact) mass is 272 g/mol. The molecule has 0 radical (unpaired) electrons. The van der Waals surface area contributed by atoms with E-state index in [0.29, 0.717) is 6.61 Å². The lowest BCUT2D eigenvalue weighted by atomic mass is 10.2. The average molecular weight is 272 g/mol. The first-order valence-electron chi connectivity index (χ1n) is 6.26. The van der Waals surface area contributed by atoms with Crippen LogP contribution in [0.1, 0.15) is 11.3 Å². The van der Waals surface area contributed by atoms with Crippen LogP contribution in [0.4, 0.5) is 0 Å². The van der Waals surface area contributed by atoms with Crippen LogP contribution in [0.2, 0.25) is 0 Å². The SMILES string of the molecule is Cn1nccc1CCOc1cccc(/C=C/C(=O)O)c1. The third-order valence-electron chi connectivity index (χ3n) is 2.83. The molecule has 2 rings (SSSR count). The normalized spacial score (nSPS) is 10.8. The molecule has 20 heavy (non-hydrogen) atoms. The van der Waals surface area contributed by atoms with Gasteiger partial charge in [0.2, 0.25) is 0 Å². The zero-order chi connectivity index (χ0) is 14.4. The van der Waals surface area contributed by atoms with Crippen molar-refractivity contribution in [1.82, 2.24) is 9.78 Å². The van der Waals surface area contributed by atoms with Gasteiger partial charge in [0.05, 0.1) is 6.61 Å². The summed E-state index contributed by atoms with van der Waals surface area (Å²) < 4.78 is 7.47. The molecule has 0 bridgehead atoms. The maximum atomic E-state index is 10.5. The van der Waals surface area contributed by atoms with E-state index in [1.165, 1.54) is 6.08 Å². The Bertz CT molecular complexity index is 617. The zero-order valence-electron chi connectivity index (χ0n) is 11.2. The summed E-state index contributed by atoms with van der Waals surface area (Å²) in [4.78, 5) is 10.5. The molecule has 5 heteroatoms. The van der Waals surface area contributed by atoms with E-state index >= 15 is 0 Å². The molecule has 2 aromatic rings. The van der Waals surface area contributed by atoms with Crippen LogP contribution in [-0.4, -0.2) is 27.5 Å². The quantitative estimate of drug-likeness (QED) is 0.818. The van der Waals surface area contributed by atoms with Crippen molar-refractivity contribution in [2.45, 2.75) is 6.42 Å². The number of ether oxygens (including phenoxy) is 1. The van der Waals surface area contributed by atoms with Gasteiger partial charge in [-0.25, -0.2) is 4.79 Å². The van der Waals surface area contributed by atoms with Crippen LogP contribution >= 0.6 is 0 Å². The van der Waals surface area contributed by atoms with Gasteiger partial charge in [0.25, 0.3) is 0 Å². The highest BCUT2D eigenvalue weighted by Gasteiger charge is 2.00. The van der Waals surface area contributed by atoms with Gasteiger partial charge >= 0.3 is 5.97 Å². The summed E-state index contributed by atoms with van der Waals surface area (Å²) in [6.07, 6.45) is 5.17. The molecule has 0 fully saturated rings. The lowest BCUT2D eigenvalue weighted by Gasteiger charge is -2.07. The number of aliphatic carboxylic acids is 1. The van der Waals surface area contributed by atoms with Gasteiger partial charge in [0, 0.05) is 31.4 Å². The van der Waals surface area contributed by atoms with E-state index in [4.69, 9.17) is 9.84 Å². The van der Waals surface area contributed by atoms with Crippen LogP contribution in [0, 0.1) is 0 Å². The maximum Gasteiger partial charge on any atom is 0.328 e. The van der Waals surface area contributed by atoms with E-state index < -0.39 is 5.97 Å². The van der Waals surface area contributed by atoms with Crippen molar-refractivity contribution in [2.24, 2.45) is 7.05 Å². The van der Waals surface area contributed by atoms with Gasteiger partial charge in [-0.3, -0.25) is 4.68 Å². The predicted octanol–water partition coefficient (Wildman–Crippen LogP) is 2.14. The molecule has 1 aromatic heterocycles. The molecular formula is C15H16N2O3. The maximum absolute atomic E-state index is 10.5. The van der Waals surface area contributed by atoms with Crippen molar-refractivity contribution in [3.63, 3.8) is 0 Å². The lowest BCUT2D eigenvalue weighted by molar-refractivity contribution is -0.131. The molecule has 0 saturated heterocycles. The molecule has 0 aliphatic rings. The number of carbonyl (C=O) groups is 1. The number of hydrogen-bond donors (Lipinski definition) is 1. The Balaban J connectivity index is 1.91. The number of rotatable bonds is 6. The largest absolute Gasteiger partial charge is 0.493 e. The second-order valence-corrected chi connectivity index (χ2v) is 4.29. The fourth-order valence-electron chi connectivity index (χ4n) is 1.80. The Morgan fingerprint density at radius 1 is 1.45 bits per heavy atom. The third kappa shape index (κ3) is 3.98. The molecule has 0 aliphatic carbocycles. The molecule has 0 saturated carbocycles. The van der Waals surface area contributed by atoms with Crippen molar-refractivity contribution in [3.8, 4) is 5.75 Å². The van der Waals surface area contributed by atoms with Crippen molar-refractivity contribution in [1.29, 1.82) is 0 Å². The van der Waals surface area contributed by atoms with E-state index in [1.54, 1.807) is 6.20 Å². The molecule has 104 valence electrons. The Morgan fingerprint density at radius 3 is 3.00 bits per heavy atom. The van der Waals surface area contributed by atoms with E-state index in [0.717, 1.165) is 29.5 Å². The number of carboxylic acids is 1. The number of aryl methyl sites for hydroxylation is 1. The topological polar surface area (TPSA) is 64.4 Å². The van der Waals surface area contributed by atoms with Crippen LogP contribution in [-0.2, 0) is 18.3 Å². The molecule has 0 atom stereocenters. The summed E-state index contributed by atoms with van der Waals surface area (Å²) in [5, 5.41) is 12.7. The van der Waals surface area contributed by atoms with E-state index in [2.05, 4.69) is 5.10 Å². The van der Waals surface area contributed by atoms with Crippen molar-refractivity contribution in [2.75, 3.05) is 6.61 Å². The number of carboxylic acid groups (broad SMARTS) is 1. The molecule has 0 aliphatic heterocycles. The van der Waals surface area contributed by atoms with Gasteiger partial charge in [-0.15, -0.1) is 0 Å². The van der Waals surface area contributed by atoms with Crippen LogP contribution in [0.15, 0.2) is 42.6 Å². The molecule has 5 nitrogen and oxygen atoms in total. The Kier molecular flexibility index (Phi) is 4.55. The van der Waals surface area contributed by atoms with E-state index in [9.17, 15) is 4.79 Å². The zero-order valence-corrected chi connectivity index (χ0v) is 11.2. The van der Waals surface area contributed by atoms with Crippen LogP contribution in [0.25, 0.3) is 6.08 Å². The van der Waals surface area contributed by atoms with Crippen molar-refractivity contribution >= 4 is 12.0 Å². The molecule has 1 aromatic carbocycles. The molecular weight excluding hydrogens is 256 g/mol. The highest BCUT2D eigenvalue weighted by atomic mass is 16.5. The number of aromatic nitrogens is 2. The van der Waals surface area contributed by atoms with Crippen LogP contribution < -0.4 is 4.74 Å². The smallest absolute Gasteiger partial charge is 0.328 e. The fraction of sp³-hybridized carbons (Fsp3) is 0.200. The van der Waals surface area contributed by atoms with Gasteiger partial charge in [-0.2, -0.15) is 5.10 Å². The summed E-state index contributed by atoms with van der Waals surface area (Å²) in [6, 6.07) is 9.27. The van der Waals surface area contributed by atoms with Crippen LogP contribution in [0.5, 0.6) is 5.75 Å². The van der Waals surface area contributed by atoms with E-state index in [-0.39, 0.29) is 0 Å². The molecule has 0 unspecified atom stereocenters. The Morgan fingerprint density at radius 2 is 2.30 bits per heavy atom. The molecule has 0 spiro atoms. The van der Waals surface area contributed by atoms with Crippen LogP contribution in [0.3, 0.4) is 0 Å². The highest BCUT2D eigenvalue weighted by molar-refractivity contribution is 5.85. The predicted molar refractivity (Wildman–Crippen MR) is 75.5 cm³/mol. The summed E-state index contributed by atoms with van der Waals surface area (Å²) in [5.74, 6) is -0.243. The van der Waals surface area contributed by atoms with Crippen molar-refractivity contribution in [3.05, 3.63) is 53.9 Å². The fourth-order valence-corrected chi connectivity index (χ4v) is 1.80. The van der Waals surface area contributed by atoms with Gasteiger partial charge in [-0.05, 0) is 29.8 Å². The second kappa shape index (κ2) is 6.56. The first-order chi connectivity index (χ1) is 9.65. The minimum Gasteiger partial charge on any atom is -0.493 e. The average Bonchev–Trinajstić information content (AvgIpc) is 2.83. The first-order valence-corrected chi connectivity index (χ1v) is 6.26. The molecule has 1 N–H and O–H groups in total. The summed E-state index contributed by atoms with van der Waals surface area (Å²) in [7, 11) is 1.90. The number of hydrogen-bond acceptors (Lipinski definition) is 3. The second-order valence-electron chi connectivity index (χ2n) is 4.29. The first kappa shape index (κ1) is 13.9. The molecule has 1 heterocycles. The summed E-state index contributed by atoms with van der Waals surface area (Å²) >= 11 is 0. The Labute approximate surface area is 117 Å². The van der Waals surface area contributed by atoms with Gasteiger partial charge in [0.15, 0.2) is 0 Å². The standard InChI is InChI=1S/C15H16N2O3/c1-17-13(7-9-16-17)8-10-20-14-4-2-3-12(11-14)5-6-15(18)19/h2-7,9,11H,8,10H2,1H3,(H,18,19)/b6-5+. The minimum atomic E-state index is -0.965. The van der Waals surface area contributed by atoms with E-state index in [1.807, 2.05) is 42.1 Å². The van der Waals surface area contributed by atoms with Gasteiger partial charge in [0.1, 0.15) is 5.75 Å². The highest BCUT2D eigenvalue weighted by Crippen LogP contribution is 2.15. The van der Waals surface area contributed by atoms with Gasteiger partial charge < -0.3 is 9.84 Å².